The van der Waals surface area contributed by atoms with Gasteiger partial charge in [0.05, 0.1) is 5.69 Å². The summed E-state index contributed by atoms with van der Waals surface area (Å²) in [5, 5.41) is 0. The molecule has 0 radical (unpaired) electrons. The molecule has 23 heavy (non-hydrogen) atoms. The molecule has 0 amide bonds. The third kappa shape index (κ3) is 3.86. The van der Waals surface area contributed by atoms with Crippen LogP contribution in [0.1, 0.15) is 18.2 Å². The van der Waals surface area contributed by atoms with Gasteiger partial charge in [-0.15, -0.1) is 0 Å². The van der Waals surface area contributed by atoms with E-state index in [0.717, 1.165) is 23.3 Å². The summed E-state index contributed by atoms with van der Waals surface area (Å²) in [4.78, 5) is 19.1. The largest absolute Gasteiger partial charge is 0.294 e. The molecule has 3 rings (SSSR count). The molecule has 0 fully saturated rings. The lowest BCUT2D eigenvalue weighted by Crippen LogP contribution is -2.25. The van der Waals surface area contributed by atoms with E-state index in [0.29, 0.717) is 12.2 Å². The third-order valence-corrected chi connectivity index (χ3v) is 4.23. The number of hydrogen-bond acceptors (Lipinski definition) is 3. The van der Waals surface area contributed by atoms with Crippen molar-refractivity contribution in [3.05, 3.63) is 80.8 Å². The Morgan fingerprint density at radius 3 is 2.65 bits per heavy atom. The van der Waals surface area contributed by atoms with Crippen LogP contribution in [-0.2, 0) is 13.1 Å². The van der Waals surface area contributed by atoms with Gasteiger partial charge in [0, 0.05) is 29.8 Å². The number of fused-ring (bicyclic) bond motifs is 1. The fourth-order valence-corrected chi connectivity index (χ4v) is 2.89. The average molecular weight is 372 g/mol. The van der Waals surface area contributed by atoms with Crippen LogP contribution in [0.5, 0.6) is 0 Å². The van der Waals surface area contributed by atoms with Gasteiger partial charge in [0.2, 0.25) is 0 Å². The summed E-state index contributed by atoms with van der Waals surface area (Å²) in [7, 11) is 0. The molecule has 0 aliphatic heterocycles. The highest BCUT2D eigenvalue weighted by atomic mass is 79.9. The van der Waals surface area contributed by atoms with Crippen LogP contribution >= 0.6 is 15.9 Å². The zero-order valence-electron chi connectivity index (χ0n) is 12.9. The van der Waals surface area contributed by atoms with Crippen molar-refractivity contribution in [2.75, 3.05) is 6.54 Å². The second-order valence-electron chi connectivity index (χ2n) is 5.45. The fraction of sp³-hybridized carbons (Fsp3) is 0.222. The van der Waals surface area contributed by atoms with Gasteiger partial charge >= 0.3 is 0 Å². The van der Waals surface area contributed by atoms with Gasteiger partial charge in [-0.25, -0.2) is 4.98 Å². The lowest BCUT2D eigenvalue weighted by molar-refractivity contribution is 0.268. The fourth-order valence-electron chi connectivity index (χ4n) is 2.56. The summed E-state index contributed by atoms with van der Waals surface area (Å²) in [6.45, 7) is 4.52. The number of nitrogens with zero attached hydrogens (tertiary/aromatic N) is 3. The Bertz CT molecular complexity index is 861. The molecule has 0 aliphatic carbocycles. The van der Waals surface area contributed by atoms with E-state index in [9.17, 15) is 4.79 Å². The topological polar surface area (TPSA) is 37.6 Å². The molecule has 0 saturated heterocycles. The standard InChI is InChI=1S/C18H18BrN3O/c1-2-21(11-14-6-4-3-5-7-14)13-16-10-18(23)22-12-15(19)8-9-17(22)20-16/h3-10,12H,2,11,13H2,1H3. The van der Waals surface area contributed by atoms with Crippen molar-refractivity contribution in [1.82, 2.24) is 14.3 Å². The Morgan fingerprint density at radius 2 is 1.91 bits per heavy atom. The maximum Gasteiger partial charge on any atom is 0.258 e. The lowest BCUT2D eigenvalue weighted by atomic mass is 10.2. The number of pyridine rings is 1. The Labute approximate surface area is 143 Å². The Hall–Kier alpha value is -1.98. The van der Waals surface area contributed by atoms with Crippen LogP contribution in [0, 0.1) is 0 Å². The van der Waals surface area contributed by atoms with Crippen LogP contribution in [0.2, 0.25) is 0 Å². The minimum Gasteiger partial charge on any atom is -0.294 e. The molecule has 4 nitrogen and oxygen atoms in total. The van der Waals surface area contributed by atoms with Crippen molar-refractivity contribution in [3.8, 4) is 0 Å². The molecule has 118 valence electrons. The first-order chi connectivity index (χ1) is 11.2. The zero-order chi connectivity index (χ0) is 16.2. The maximum absolute atomic E-state index is 12.3. The van der Waals surface area contributed by atoms with Crippen molar-refractivity contribution in [2.24, 2.45) is 0 Å². The summed E-state index contributed by atoms with van der Waals surface area (Å²) >= 11 is 3.38. The van der Waals surface area contributed by atoms with E-state index in [2.05, 4.69) is 44.9 Å². The van der Waals surface area contributed by atoms with E-state index in [-0.39, 0.29) is 5.56 Å². The third-order valence-electron chi connectivity index (χ3n) is 3.76. The predicted molar refractivity (Wildman–Crippen MR) is 95.4 cm³/mol. The quantitative estimate of drug-likeness (QED) is 0.688. The molecule has 3 aromatic rings. The summed E-state index contributed by atoms with van der Waals surface area (Å²) in [5.41, 5.74) is 2.68. The van der Waals surface area contributed by atoms with Crippen LogP contribution < -0.4 is 5.56 Å². The summed E-state index contributed by atoms with van der Waals surface area (Å²) in [6.07, 6.45) is 1.75. The molecule has 0 aliphatic rings. The van der Waals surface area contributed by atoms with Gasteiger partial charge in [-0.05, 0) is 40.2 Å². The molecule has 0 bridgehead atoms. The first-order valence-corrected chi connectivity index (χ1v) is 8.39. The highest BCUT2D eigenvalue weighted by Gasteiger charge is 2.08. The molecule has 0 spiro atoms. The molecule has 0 saturated carbocycles. The SMILES string of the molecule is CCN(Cc1ccccc1)Cc1cc(=O)n2cc(Br)ccc2n1. The Kier molecular flexibility index (Phi) is 4.88. The van der Waals surface area contributed by atoms with Crippen molar-refractivity contribution in [3.63, 3.8) is 0 Å². The van der Waals surface area contributed by atoms with Crippen LogP contribution in [0.15, 0.2) is 64.0 Å². The van der Waals surface area contributed by atoms with Crippen molar-refractivity contribution >= 4 is 21.6 Å². The van der Waals surface area contributed by atoms with Crippen LogP contribution in [0.4, 0.5) is 0 Å². The second kappa shape index (κ2) is 7.06. The molecular weight excluding hydrogens is 354 g/mol. The van der Waals surface area contributed by atoms with Gasteiger partial charge in [-0.2, -0.15) is 0 Å². The Balaban J connectivity index is 1.85. The van der Waals surface area contributed by atoms with Gasteiger partial charge < -0.3 is 0 Å². The molecule has 5 heteroatoms. The maximum atomic E-state index is 12.3. The zero-order valence-corrected chi connectivity index (χ0v) is 14.5. The van der Waals surface area contributed by atoms with Gasteiger partial charge in [-0.1, -0.05) is 37.3 Å². The van der Waals surface area contributed by atoms with Crippen molar-refractivity contribution in [1.29, 1.82) is 0 Å². The number of hydrogen-bond donors (Lipinski definition) is 0. The van der Waals surface area contributed by atoms with E-state index in [1.54, 1.807) is 16.7 Å². The van der Waals surface area contributed by atoms with Crippen LogP contribution in [0.3, 0.4) is 0 Å². The summed E-state index contributed by atoms with van der Waals surface area (Å²) in [5.74, 6) is 0. The normalized spacial score (nSPS) is 11.3. The number of rotatable bonds is 5. The minimum atomic E-state index is -0.0536. The van der Waals surface area contributed by atoms with E-state index >= 15 is 0 Å². The molecule has 0 N–H and O–H groups in total. The first kappa shape index (κ1) is 15.9. The van der Waals surface area contributed by atoms with Gasteiger partial charge in [0.15, 0.2) is 0 Å². The highest BCUT2D eigenvalue weighted by Crippen LogP contribution is 2.11. The summed E-state index contributed by atoms with van der Waals surface area (Å²) < 4.78 is 2.42. The van der Waals surface area contributed by atoms with E-state index in [1.807, 2.05) is 30.3 Å². The first-order valence-electron chi connectivity index (χ1n) is 7.60. The molecule has 2 heterocycles. The molecule has 0 atom stereocenters. The monoisotopic (exact) mass is 371 g/mol. The second-order valence-corrected chi connectivity index (χ2v) is 6.37. The van der Waals surface area contributed by atoms with Gasteiger partial charge in [-0.3, -0.25) is 14.1 Å². The Morgan fingerprint density at radius 1 is 1.13 bits per heavy atom. The molecular formula is C18H18BrN3O. The van der Waals surface area contributed by atoms with Crippen LogP contribution in [0.25, 0.3) is 5.65 Å². The minimum absolute atomic E-state index is 0.0536. The molecule has 1 aromatic carbocycles. The van der Waals surface area contributed by atoms with Crippen LogP contribution in [-0.4, -0.2) is 20.8 Å². The number of halogens is 1. The lowest BCUT2D eigenvalue weighted by Gasteiger charge is -2.20. The van der Waals surface area contributed by atoms with Crippen molar-refractivity contribution in [2.45, 2.75) is 20.0 Å². The predicted octanol–water partition coefficient (Wildman–Crippen LogP) is 3.48. The number of aromatic nitrogens is 2. The molecule has 0 unspecified atom stereocenters. The summed E-state index contributed by atoms with van der Waals surface area (Å²) in [6, 6.07) is 15.7. The van der Waals surface area contributed by atoms with E-state index < -0.39 is 0 Å². The van der Waals surface area contributed by atoms with E-state index in [4.69, 9.17) is 0 Å². The number of benzene rings is 1. The highest BCUT2D eigenvalue weighted by molar-refractivity contribution is 9.10. The van der Waals surface area contributed by atoms with Crippen molar-refractivity contribution < 1.29 is 0 Å². The van der Waals surface area contributed by atoms with Gasteiger partial charge in [0.1, 0.15) is 5.65 Å². The smallest absolute Gasteiger partial charge is 0.258 e. The van der Waals surface area contributed by atoms with Gasteiger partial charge in [0.25, 0.3) is 5.56 Å². The average Bonchev–Trinajstić information content (AvgIpc) is 2.56. The molecule has 2 aromatic heterocycles. The van der Waals surface area contributed by atoms with E-state index in [1.165, 1.54) is 5.56 Å².